The highest BCUT2D eigenvalue weighted by Gasteiger charge is 2.32. The minimum Gasteiger partial charge on any atom is -0.348 e. The maximum atomic E-state index is 12.3. The van der Waals surface area contributed by atoms with Crippen LogP contribution in [0.3, 0.4) is 0 Å². The Bertz CT molecular complexity index is 517. The molecule has 1 aliphatic heterocycles. The van der Waals surface area contributed by atoms with Crippen LogP contribution in [-0.2, 0) is 22.5 Å². The van der Waals surface area contributed by atoms with Crippen molar-refractivity contribution in [3.63, 3.8) is 0 Å². The number of rotatable bonds is 4. The summed E-state index contributed by atoms with van der Waals surface area (Å²) in [6, 6.07) is 20.0. The van der Waals surface area contributed by atoms with Crippen LogP contribution in [0.15, 0.2) is 60.7 Å². The Morgan fingerprint density at radius 1 is 0.950 bits per heavy atom. The SMILES string of the molecule is O=C1C(Cc2ccccc2)OCN1Cc1ccccc1. The molecule has 0 radical (unpaired) electrons. The quantitative estimate of drug-likeness (QED) is 0.852. The second kappa shape index (κ2) is 5.88. The summed E-state index contributed by atoms with van der Waals surface area (Å²) in [4.78, 5) is 14.1. The number of carbonyl (C=O) groups is 1. The molecule has 0 spiro atoms. The summed E-state index contributed by atoms with van der Waals surface area (Å²) in [7, 11) is 0. The molecule has 0 bridgehead atoms. The van der Waals surface area contributed by atoms with Gasteiger partial charge in [0.1, 0.15) is 12.8 Å². The number of carbonyl (C=O) groups excluding carboxylic acids is 1. The first kappa shape index (κ1) is 12.9. The normalized spacial score (nSPS) is 18.5. The van der Waals surface area contributed by atoms with Gasteiger partial charge in [-0.2, -0.15) is 0 Å². The van der Waals surface area contributed by atoms with Crippen LogP contribution in [0.2, 0.25) is 0 Å². The van der Waals surface area contributed by atoms with Crippen molar-refractivity contribution < 1.29 is 9.53 Å². The van der Waals surface area contributed by atoms with Gasteiger partial charge in [-0.05, 0) is 11.1 Å². The number of hydrogen-bond acceptors (Lipinski definition) is 2. The largest absolute Gasteiger partial charge is 0.348 e. The molecule has 1 unspecified atom stereocenters. The molecule has 0 N–H and O–H groups in total. The van der Waals surface area contributed by atoms with E-state index in [1.165, 1.54) is 0 Å². The first-order chi connectivity index (χ1) is 9.83. The molecular weight excluding hydrogens is 250 g/mol. The van der Waals surface area contributed by atoms with Crippen molar-refractivity contribution in [3.8, 4) is 0 Å². The standard InChI is InChI=1S/C17H17NO2/c19-17-16(11-14-7-3-1-4-8-14)20-13-18(17)12-15-9-5-2-6-10-15/h1-10,16H,11-13H2. The van der Waals surface area contributed by atoms with Gasteiger partial charge in [0.05, 0.1) is 0 Å². The Hall–Kier alpha value is -2.13. The Balaban J connectivity index is 1.62. The molecule has 2 aromatic carbocycles. The fourth-order valence-electron chi connectivity index (χ4n) is 2.42. The monoisotopic (exact) mass is 267 g/mol. The molecule has 1 aliphatic rings. The number of hydrogen-bond donors (Lipinski definition) is 0. The summed E-state index contributed by atoms with van der Waals surface area (Å²) in [5.41, 5.74) is 2.26. The van der Waals surface area contributed by atoms with E-state index in [1.807, 2.05) is 60.7 Å². The fraction of sp³-hybridized carbons (Fsp3) is 0.235. The van der Waals surface area contributed by atoms with E-state index in [1.54, 1.807) is 4.90 Å². The average molecular weight is 267 g/mol. The number of ether oxygens (including phenoxy) is 1. The minimum atomic E-state index is -0.346. The minimum absolute atomic E-state index is 0.0812. The predicted octanol–water partition coefficient (Wildman–Crippen LogP) is 2.61. The predicted molar refractivity (Wildman–Crippen MR) is 76.9 cm³/mol. The van der Waals surface area contributed by atoms with Gasteiger partial charge in [-0.15, -0.1) is 0 Å². The third-order valence-electron chi connectivity index (χ3n) is 3.50. The van der Waals surface area contributed by atoms with Crippen LogP contribution in [0.25, 0.3) is 0 Å². The lowest BCUT2D eigenvalue weighted by Crippen LogP contribution is -2.30. The van der Waals surface area contributed by atoms with Gasteiger partial charge >= 0.3 is 0 Å². The van der Waals surface area contributed by atoms with E-state index >= 15 is 0 Å². The van der Waals surface area contributed by atoms with E-state index in [4.69, 9.17) is 4.74 Å². The van der Waals surface area contributed by atoms with E-state index in [9.17, 15) is 4.79 Å². The first-order valence-electron chi connectivity index (χ1n) is 6.81. The van der Waals surface area contributed by atoms with Crippen LogP contribution in [0.5, 0.6) is 0 Å². The van der Waals surface area contributed by atoms with E-state index < -0.39 is 0 Å². The van der Waals surface area contributed by atoms with Gasteiger partial charge in [0, 0.05) is 13.0 Å². The highest BCUT2D eigenvalue weighted by molar-refractivity contribution is 5.82. The van der Waals surface area contributed by atoms with Crippen molar-refractivity contribution in [1.82, 2.24) is 4.90 Å². The van der Waals surface area contributed by atoms with Crippen molar-refractivity contribution in [2.45, 2.75) is 19.1 Å². The summed E-state index contributed by atoms with van der Waals surface area (Å²) in [6.07, 6.45) is 0.298. The summed E-state index contributed by atoms with van der Waals surface area (Å²) < 4.78 is 5.63. The molecule has 0 aliphatic carbocycles. The van der Waals surface area contributed by atoms with E-state index in [0.717, 1.165) is 11.1 Å². The summed E-state index contributed by atoms with van der Waals surface area (Å²) in [5.74, 6) is 0.0812. The lowest BCUT2D eigenvalue weighted by Gasteiger charge is -2.14. The highest BCUT2D eigenvalue weighted by Crippen LogP contribution is 2.17. The summed E-state index contributed by atoms with van der Waals surface area (Å²) >= 11 is 0. The Morgan fingerprint density at radius 2 is 1.55 bits per heavy atom. The average Bonchev–Trinajstić information content (AvgIpc) is 2.83. The molecule has 1 atom stereocenters. The summed E-state index contributed by atoms with van der Waals surface area (Å²) in [5, 5.41) is 0. The van der Waals surface area contributed by atoms with Gasteiger partial charge in [0.15, 0.2) is 0 Å². The van der Waals surface area contributed by atoms with Crippen LogP contribution in [-0.4, -0.2) is 23.6 Å². The Morgan fingerprint density at radius 3 is 2.20 bits per heavy atom. The molecule has 0 saturated carbocycles. The van der Waals surface area contributed by atoms with Gasteiger partial charge in [-0.25, -0.2) is 0 Å². The van der Waals surface area contributed by atoms with E-state index in [-0.39, 0.29) is 12.0 Å². The van der Waals surface area contributed by atoms with E-state index in [2.05, 4.69) is 0 Å². The molecule has 1 fully saturated rings. The van der Waals surface area contributed by atoms with Crippen LogP contribution in [0, 0.1) is 0 Å². The van der Waals surface area contributed by atoms with Crippen LogP contribution < -0.4 is 0 Å². The molecule has 2 aromatic rings. The molecule has 0 aromatic heterocycles. The zero-order valence-corrected chi connectivity index (χ0v) is 11.2. The molecule has 3 rings (SSSR count). The highest BCUT2D eigenvalue weighted by atomic mass is 16.5. The van der Waals surface area contributed by atoms with Crippen molar-refractivity contribution in [1.29, 1.82) is 0 Å². The first-order valence-corrected chi connectivity index (χ1v) is 6.81. The lowest BCUT2D eigenvalue weighted by molar-refractivity contribution is -0.130. The fourth-order valence-corrected chi connectivity index (χ4v) is 2.42. The number of amides is 1. The molecule has 3 heteroatoms. The topological polar surface area (TPSA) is 29.5 Å². The van der Waals surface area contributed by atoms with Crippen LogP contribution in [0.4, 0.5) is 0 Å². The number of nitrogens with zero attached hydrogens (tertiary/aromatic N) is 1. The molecule has 1 heterocycles. The Kier molecular flexibility index (Phi) is 3.79. The van der Waals surface area contributed by atoms with Crippen molar-refractivity contribution in [2.24, 2.45) is 0 Å². The second-order valence-electron chi connectivity index (χ2n) is 5.00. The third kappa shape index (κ3) is 2.89. The zero-order valence-electron chi connectivity index (χ0n) is 11.2. The van der Waals surface area contributed by atoms with Gasteiger partial charge in [0.25, 0.3) is 5.91 Å². The van der Waals surface area contributed by atoms with Crippen molar-refractivity contribution in [2.75, 3.05) is 6.73 Å². The van der Waals surface area contributed by atoms with Crippen LogP contribution >= 0.6 is 0 Å². The molecule has 3 nitrogen and oxygen atoms in total. The van der Waals surface area contributed by atoms with Crippen LogP contribution in [0.1, 0.15) is 11.1 Å². The lowest BCUT2D eigenvalue weighted by atomic mass is 10.1. The maximum absolute atomic E-state index is 12.3. The van der Waals surface area contributed by atoms with Gasteiger partial charge in [-0.3, -0.25) is 4.79 Å². The van der Waals surface area contributed by atoms with Gasteiger partial charge in [0.2, 0.25) is 0 Å². The molecule has 102 valence electrons. The molecular formula is C17H17NO2. The van der Waals surface area contributed by atoms with Gasteiger partial charge in [-0.1, -0.05) is 60.7 Å². The molecule has 1 amide bonds. The van der Waals surface area contributed by atoms with Crippen molar-refractivity contribution >= 4 is 5.91 Å². The summed E-state index contributed by atoms with van der Waals surface area (Å²) in [6.45, 7) is 0.996. The van der Waals surface area contributed by atoms with Crippen molar-refractivity contribution in [3.05, 3.63) is 71.8 Å². The Labute approximate surface area is 118 Å². The maximum Gasteiger partial charge on any atom is 0.254 e. The number of benzene rings is 2. The third-order valence-corrected chi connectivity index (χ3v) is 3.50. The molecule has 20 heavy (non-hydrogen) atoms. The van der Waals surface area contributed by atoms with Gasteiger partial charge < -0.3 is 9.64 Å². The molecule has 1 saturated heterocycles. The zero-order chi connectivity index (χ0) is 13.8. The van der Waals surface area contributed by atoms with E-state index in [0.29, 0.717) is 19.7 Å². The smallest absolute Gasteiger partial charge is 0.254 e. The second-order valence-corrected chi connectivity index (χ2v) is 5.00.